The summed E-state index contributed by atoms with van der Waals surface area (Å²) in [5.41, 5.74) is 0. The number of nitrogens with one attached hydrogen (secondary N) is 2. The summed E-state index contributed by atoms with van der Waals surface area (Å²) in [5.74, 6) is -0.214. The van der Waals surface area contributed by atoms with Gasteiger partial charge in [-0.15, -0.1) is 0 Å². The Morgan fingerprint density at radius 3 is 2.74 bits per heavy atom. The quantitative estimate of drug-likeness (QED) is 0.676. The van der Waals surface area contributed by atoms with Crippen LogP contribution in [0.3, 0.4) is 0 Å². The molecule has 19 heavy (non-hydrogen) atoms. The van der Waals surface area contributed by atoms with Crippen molar-refractivity contribution in [3.8, 4) is 0 Å². The highest BCUT2D eigenvalue weighted by atomic mass is 32.2. The third kappa shape index (κ3) is 3.52. The van der Waals surface area contributed by atoms with Gasteiger partial charge in [0.05, 0.1) is 12.7 Å². The van der Waals surface area contributed by atoms with Crippen molar-refractivity contribution in [3.05, 3.63) is 12.4 Å². The molecule has 9 heteroatoms. The zero-order valence-electron chi connectivity index (χ0n) is 10.7. The van der Waals surface area contributed by atoms with Crippen molar-refractivity contribution >= 4 is 15.9 Å². The standard InChI is InChI=1S/C10H17N5O3S/c1-14-8-9(6-12-14)19(17,18)13-7-10(16)15-4-2-11-3-5-15/h6,8,11,13H,2-5,7H2,1H3. The zero-order chi connectivity index (χ0) is 13.9. The van der Waals surface area contributed by atoms with Crippen LogP contribution in [0.5, 0.6) is 0 Å². The molecule has 2 rings (SSSR count). The molecule has 1 aromatic heterocycles. The first kappa shape index (κ1) is 14.0. The summed E-state index contributed by atoms with van der Waals surface area (Å²) in [6.45, 7) is 2.46. The van der Waals surface area contributed by atoms with Crippen LogP contribution in [0.25, 0.3) is 0 Å². The number of hydrogen-bond acceptors (Lipinski definition) is 5. The third-order valence-corrected chi connectivity index (χ3v) is 4.23. The lowest BCUT2D eigenvalue weighted by Gasteiger charge is -2.27. The molecule has 1 aliphatic heterocycles. The number of nitrogens with zero attached hydrogens (tertiary/aromatic N) is 3. The van der Waals surface area contributed by atoms with E-state index in [0.717, 1.165) is 13.1 Å². The number of aryl methyl sites for hydroxylation is 1. The molecule has 0 unspecified atom stereocenters. The first-order valence-corrected chi connectivity index (χ1v) is 7.44. The maximum atomic E-state index is 11.9. The van der Waals surface area contributed by atoms with Crippen LogP contribution >= 0.6 is 0 Å². The molecule has 0 atom stereocenters. The summed E-state index contributed by atoms with van der Waals surface area (Å²) >= 11 is 0. The largest absolute Gasteiger partial charge is 0.339 e. The number of carbonyl (C=O) groups excluding carboxylic acids is 1. The number of carbonyl (C=O) groups is 1. The Bertz CT molecular complexity index is 547. The minimum atomic E-state index is -3.67. The number of piperazine rings is 1. The van der Waals surface area contributed by atoms with Crippen LogP contribution in [-0.2, 0) is 21.9 Å². The molecule has 0 spiro atoms. The Morgan fingerprint density at radius 1 is 1.47 bits per heavy atom. The van der Waals surface area contributed by atoms with Gasteiger partial charge in [0.1, 0.15) is 4.90 Å². The molecule has 1 fully saturated rings. The Balaban J connectivity index is 1.92. The molecule has 106 valence electrons. The second-order valence-electron chi connectivity index (χ2n) is 4.31. The Labute approximate surface area is 111 Å². The van der Waals surface area contributed by atoms with Crippen molar-refractivity contribution in [1.29, 1.82) is 0 Å². The van der Waals surface area contributed by atoms with Gasteiger partial charge in [-0.1, -0.05) is 0 Å². The molecule has 8 nitrogen and oxygen atoms in total. The number of rotatable bonds is 4. The summed E-state index contributed by atoms with van der Waals surface area (Å²) in [5, 5.41) is 6.92. The minimum absolute atomic E-state index is 0.0584. The maximum Gasteiger partial charge on any atom is 0.244 e. The molecule has 1 saturated heterocycles. The van der Waals surface area contributed by atoms with Crippen LogP contribution in [0.4, 0.5) is 0 Å². The summed E-state index contributed by atoms with van der Waals surface area (Å²) in [4.78, 5) is 13.5. The van der Waals surface area contributed by atoms with E-state index in [4.69, 9.17) is 0 Å². The van der Waals surface area contributed by atoms with Crippen molar-refractivity contribution in [1.82, 2.24) is 24.7 Å². The summed E-state index contributed by atoms with van der Waals surface area (Å²) in [7, 11) is -2.04. The Kier molecular flexibility index (Phi) is 4.17. The van der Waals surface area contributed by atoms with E-state index in [9.17, 15) is 13.2 Å². The zero-order valence-corrected chi connectivity index (χ0v) is 11.5. The van der Waals surface area contributed by atoms with Crippen LogP contribution in [-0.4, -0.2) is 61.7 Å². The second-order valence-corrected chi connectivity index (χ2v) is 6.07. The van der Waals surface area contributed by atoms with Gasteiger partial charge >= 0.3 is 0 Å². The smallest absolute Gasteiger partial charge is 0.244 e. The first-order chi connectivity index (χ1) is 8.99. The molecule has 2 N–H and O–H groups in total. The molecular formula is C10H17N5O3S. The summed E-state index contributed by atoms with van der Waals surface area (Å²) in [6.07, 6.45) is 2.63. The average molecular weight is 287 g/mol. The highest BCUT2D eigenvalue weighted by Crippen LogP contribution is 2.05. The molecule has 0 radical (unpaired) electrons. The number of hydrogen-bond donors (Lipinski definition) is 2. The van der Waals surface area contributed by atoms with Gasteiger partial charge in [-0.3, -0.25) is 9.48 Å². The van der Waals surface area contributed by atoms with Crippen LogP contribution in [0.2, 0.25) is 0 Å². The minimum Gasteiger partial charge on any atom is -0.339 e. The van der Waals surface area contributed by atoms with E-state index < -0.39 is 10.0 Å². The number of amides is 1. The fourth-order valence-corrected chi connectivity index (χ4v) is 2.76. The fraction of sp³-hybridized carbons (Fsp3) is 0.600. The van der Waals surface area contributed by atoms with Crippen molar-refractivity contribution in [2.75, 3.05) is 32.7 Å². The number of sulfonamides is 1. The van der Waals surface area contributed by atoms with Crippen molar-refractivity contribution in [2.24, 2.45) is 7.05 Å². The van der Waals surface area contributed by atoms with E-state index in [1.807, 2.05) is 0 Å². The summed E-state index contributed by atoms with van der Waals surface area (Å²) in [6, 6.07) is 0. The van der Waals surface area contributed by atoms with Crippen LogP contribution in [0, 0.1) is 0 Å². The van der Waals surface area contributed by atoms with Crippen LogP contribution < -0.4 is 10.0 Å². The molecule has 0 bridgehead atoms. The SMILES string of the molecule is Cn1cc(S(=O)(=O)NCC(=O)N2CCNCC2)cn1. The maximum absolute atomic E-state index is 11.9. The molecule has 0 aromatic carbocycles. The van der Waals surface area contributed by atoms with Crippen molar-refractivity contribution < 1.29 is 13.2 Å². The van der Waals surface area contributed by atoms with E-state index in [-0.39, 0.29) is 17.3 Å². The average Bonchev–Trinajstić information content (AvgIpc) is 2.85. The van der Waals surface area contributed by atoms with Crippen molar-refractivity contribution in [2.45, 2.75) is 4.90 Å². The van der Waals surface area contributed by atoms with Gasteiger partial charge in [-0.2, -0.15) is 5.10 Å². The predicted molar refractivity (Wildman–Crippen MR) is 67.8 cm³/mol. The lowest BCUT2D eigenvalue weighted by Crippen LogP contribution is -2.49. The van der Waals surface area contributed by atoms with E-state index in [1.165, 1.54) is 17.1 Å². The van der Waals surface area contributed by atoms with Gasteiger partial charge in [0, 0.05) is 39.4 Å². The first-order valence-electron chi connectivity index (χ1n) is 5.96. The third-order valence-electron chi connectivity index (χ3n) is 2.87. The summed E-state index contributed by atoms with van der Waals surface area (Å²) < 4.78 is 27.5. The lowest BCUT2D eigenvalue weighted by atomic mass is 10.3. The molecule has 0 saturated carbocycles. The van der Waals surface area contributed by atoms with Crippen LogP contribution in [0.1, 0.15) is 0 Å². The second kappa shape index (κ2) is 5.68. The van der Waals surface area contributed by atoms with E-state index in [2.05, 4.69) is 15.1 Å². The molecule has 2 heterocycles. The van der Waals surface area contributed by atoms with Gasteiger partial charge in [0.15, 0.2) is 0 Å². The molecule has 1 aromatic rings. The van der Waals surface area contributed by atoms with E-state index >= 15 is 0 Å². The fourth-order valence-electron chi connectivity index (χ4n) is 1.80. The Morgan fingerprint density at radius 2 is 2.16 bits per heavy atom. The molecule has 1 aliphatic rings. The molecule has 0 aliphatic carbocycles. The van der Waals surface area contributed by atoms with Gasteiger partial charge in [-0.25, -0.2) is 13.1 Å². The van der Waals surface area contributed by atoms with Gasteiger partial charge in [0.25, 0.3) is 0 Å². The number of aromatic nitrogens is 2. The van der Waals surface area contributed by atoms with E-state index in [0.29, 0.717) is 13.1 Å². The molecule has 1 amide bonds. The van der Waals surface area contributed by atoms with Gasteiger partial charge < -0.3 is 10.2 Å². The topological polar surface area (TPSA) is 96.3 Å². The van der Waals surface area contributed by atoms with E-state index in [1.54, 1.807) is 11.9 Å². The van der Waals surface area contributed by atoms with Crippen molar-refractivity contribution in [3.63, 3.8) is 0 Å². The predicted octanol–water partition coefficient (Wildman–Crippen LogP) is -1.87. The highest BCUT2D eigenvalue weighted by molar-refractivity contribution is 7.89. The van der Waals surface area contributed by atoms with Crippen LogP contribution in [0.15, 0.2) is 17.3 Å². The Hall–Kier alpha value is -1.45. The van der Waals surface area contributed by atoms with Gasteiger partial charge in [0.2, 0.25) is 15.9 Å². The normalized spacial score (nSPS) is 16.6. The highest BCUT2D eigenvalue weighted by Gasteiger charge is 2.20. The monoisotopic (exact) mass is 287 g/mol. The van der Waals surface area contributed by atoms with Gasteiger partial charge in [-0.05, 0) is 0 Å². The lowest BCUT2D eigenvalue weighted by molar-refractivity contribution is -0.130. The molecular weight excluding hydrogens is 270 g/mol.